The molecule has 0 saturated carbocycles. The molecule has 5 heteroatoms. The van der Waals surface area contributed by atoms with Crippen molar-refractivity contribution in [3.05, 3.63) is 99.9 Å². The molecule has 4 aromatic rings. The molecule has 1 atom stereocenters. The van der Waals surface area contributed by atoms with Gasteiger partial charge in [-0.05, 0) is 47.0 Å². The van der Waals surface area contributed by atoms with Gasteiger partial charge in [-0.2, -0.15) is 0 Å². The Morgan fingerprint density at radius 2 is 1.86 bits per heavy atom. The van der Waals surface area contributed by atoms with Crippen LogP contribution in [0.25, 0.3) is 10.9 Å². The molecular formula is C24H18BrFN2O. The molecule has 0 radical (unpaired) electrons. The summed E-state index contributed by atoms with van der Waals surface area (Å²) in [5.74, 6) is -0.295. The van der Waals surface area contributed by atoms with Gasteiger partial charge in [0.25, 0.3) is 0 Å². The fraction of sp³-hybridized carbons (Fsp3) is 0.125. The van der Waals surface area contributed by atoms with Gasteiger partial charge in [0.05, 0.1) is 11.2 Å². The zero-order valence-corrected chi connectivity index (χ0v) is 17.1. The van der Waals surface area contributed by atoms with Crippen molar-refractivity contribution in [2.45, 2.75) is 18.9 Å². The highest BCUT2D eigenvalue weighted by atomic mass is 79.9. The van der Waals surface area contributed by atoms with E-state index in [1.54, 1.807) is 12.1 Å². The van der Waals surface area contributed by atoms with E-state index in [1.165, 1.54) is 6.07 Å². The topological polar surface area (TPSA) is 34.0 Å². The van der Waals surface area contributed by atoms with E-state index in [0.29, 0.717) is 13.0 Å². The van der Waals surface area contributed by atoms with E-state index in [2.05, 4.69) is 44.1 Å². The van der Waals surface area contributed by atoms with Gasteiger partial charge in [0.1, 0.15) is 5.82 Å². The molecular weight excluding hydrogens is 431 g/mol. The SMILES string of the molecule is O=C1C[C@@H](c2ccccc2Br)c2cn(Cc3cccc(F)c3)c3cccc(c23)N1. The number of rotatable bonds is 3. The molecule has 1 aromatic heterocycles. The molecule has 0 aliphatic carbocycles. The fourth-order valence-electron chi connectivity index (χ4n) is 4.25. The van der Waals surface area contributed by atoms with Gasteiger partial charge < -0.3 is 9.88 Å². The van der Waals surface area contributed by atoms with Gasteiger partial charge in [0.15, 0.2) is 0 Å². The number of benzene rings is 3. The number of hydrogen-bond donors (Lipinski definition) is 1. The zero-order chi connectivity index (χ0) is 20.0. The van der Waals surface area contributed by atoms with Gasteiger partial charge in [-0.3, -0.25) is 4.79 Å². The molecule has 2 heterocycles. The Kier molecular flexibility index (Phi) is 4.47. The second kappa shape index (κ2) is 7.16. The summed E-state index contributed by atoms with van der Waals surface area (Å²) in [5.41, 5.74) is 4.95. The second-order valence-electron chi connectivity index (χ2n) is 7.37. The Morgan fingerprint density at radius 1 is 1.03 bits per heavy atom. The summed E-state index contributed by atoms with van der Waals surface area (Å²) < 4.78 is 16.8. The van der Waals surface area contributed by atoms with Crippen LogP contribution >= 0.6 is 15.9 Å². The molecule has 5 rings (SSSR count). The van der Waals surface area contributed by atoms with Gasteiger partial charge in [-0.15, -0.1) is 0 Å². The number of aromatic nitrogens is 1. The summed E-state index contributed by atoms with van der Waals surface area (Å²) in [7, 11) is 0. The Hall–Kier alpha value is -2.92. The number of halogens is 2. The number of carbonyl (C=O) groups is 1. The molecule has 1 amide bonds. The number of carbonyl (C=O) groups excluding carboxylic acids is 1. The largest absolute Gasteiger partial charge is 0.343 e. The van der Waals surface area contributed by atoms with Crippen LogP contribution in [0.2, 0.25) is 0 Å². The van der Waals surface area contributed by atoms with E-state index < -0.39 is 0 Å². The van der Waals surface area contributed by atoms with Gasteiger partial charge >= 0.3 is 0 Å². The molecule has 29 heavy (non-hydrogen) atoms. The molecule has 1 N–H and O–H groups in total. The van der Waals surface area contributed by atoms with Crippen LogP contribution < -0.4 is 5.32 Å². The normalized spacial score (nSPS) is 15.9. The maximum atomic E-state index is 13.7. The molecule has 3 aromatic carbocycles. The number of amides is 1. The first kappa shape index (κ1) is 18.1. The van der Waals surface area contributed by atoms with E-state index in [4.69, 9.17) is 0 Å². The first-order chi connectivity index (χ1) is 14.1. The van der Waals surface area contributed by atoms with Crippen molar-refractivity contribution in [3.8, 4) is 0 Å². The van der Waals surface area contributed by atoms with Crippen LogP contribution in [0.3, 0.4) is 0 Å². The maximum Gasteiger partial charge on any atom is 0.225 e. The first-order valence-corrected chi connectivity index (χ1v) is 10.3. The third kappa shape index (κ3) is 3.25. The predicted molar refractivity (Wildman–Crippen MR) is 117 cm³/mol. The quantitative estimate of drug-likeness (QED) is 0.405. The molecule has 0 spiro atoms. The van der Waals surface area contributed by atoms with E-state index in [-0.39, 0.29) is 17.6 Å². The van der Waals surface area contributed by atoms with Crippen molar-refractivity contribution in [1.29, 1.82) is 0 Å². The van der Waals surface area contributed by atoms with Gasteiger partial charge in [-0.1, -0.05) is 52.3 Å². The Balaban J connectivity index is 1.71. The lowest BCUT2D eigenvalue weighted by Gasteiger charge is -2.16. The highest BCUT2D eigenvalue weighted by Crippen LogP contribution is 2.42. The number of nitrogens with zero attached hydrogens (tertiary/aromatic N) is 1. The smallest absolute Gasteiger partial charge is 0.225 e. The Morgan fingerprint density at radius 3 is 2.69 bits per heavy atom. The summed E-state index contributed by atoms with van der Waals surface area (Å²) in [6, 6.07) is 20.7. The van der Waals surface area contributed by atoms with Crippen LogP contribution in [-0.4, -0.2) is 10.5 Å². The van der Waals surface area contributed by atoms with Gasteiger partial charge in [0.2, 0.25) is 5.91 Å². The van der Waals surface area contributed by atoms with Gasteiger partial charge in [-0.25, -0.2) is 4.39 Å². The van der Waals surface area contributed by atoms with Crippen LogP contribution in [0.4, 0.5) is 10.1 Å². The molecule has 3 nitrogen and oxygen atoms in total. The molecule has 0 saturated heterocycles. The van der Waals surface area contributed by atoms with Crippen LogP contribution in [-0.2, 0) is 11.3 Å². The van der Waals surface area contributed by atoms with Crippen molar-refractivity contribution in [2.75, 3.05) is 5.32 Å². The number of hydrogen-bond acceptors (Lipinski definition) is 1. The molecule has 1 aliphatic heterocycles. The number of nitrogens with one attached hydrogen (secondary N) is 1. The van der Waals surface area contributed by atoms with E-state index >= 15 is 0 Å². The molecule has 0 unspecified atom stereocenters. The van der Waals surface area contributed by atoms with Crippen molar-refractivity contribution in [1.82, 2.24) is 4.57 Å². The zero-order valence-electron chi connectivity index (χ0n) is 15.5. The summed E-state index contributed by atoms with van der Waals surface area (Å²) >= 11 is 3.65. The summed E-state index contributed by atoms with van der Waals surface area (Å²) in [4.78, 5) is 12.6. The Bertz CT molecular complexity index is 1250. The van der Waals surface area contributed by atoms with Crippen LogP contribution in [0.1, 0.15) is 29.0 Å². The third-order valence-electron chi connectivity index (χ3n) is 5.50. The molecule has 0 bridgehead atoms. The van der Waals surface area contributed by atoms with Crippen molar-refractivity contribution < 1.29 is 9.18 Å². The molecule has 0 fully saturated rings. The third-order valence-corrected chi connectivity index (χ3v) is 6.22. The summed E-state index contributed by atoms with van der Waals surface area (Å²) in [6.07, 6.45) is 2.49. The molecule has 144 valence electrons. The lowest BCUT2D eigenvalue weighted by atomic mass is 9.89. The minimum atomic E-state index is -0.237. The van der Waals surface area contributed by atoms with Crippen LogP contribution in [0.5, 0.6) is 0 Å². The second-order valence-corrected chi connectivity index (χ2v) is 8.22. The number of anilines is 1. The fourth-order valence-corrected chi connectivity index (χ4v) is 4.81. The summed E-state index contributed by atoms with van der Waals surface area (Å²) in [6.45, 7) is 0.564. The Labute approximate surface area is 176 Å². The highest BCUT2D eigenvalue weighted by molar-refractivity contribution is 9.10. The van der Waals surface area contributed by atoms with E-state index in [9.17, 15) is 9.18 Å². The minimum absolute atomic E-state index is 0.00568. The average Bonchev–Trinajstić information content (AvgIpc) is 2.99. The standard InChI is InChI=1S/C24H18BrFN2O/c25-20-8-2-1-7-17(20)18-12-23(29)27-21-9-4-10-22-24(21)19(18)14-28(22)13-15-5-3-6-16(26)11-15/h1-11,14,18H,12-13H2,(H,27,29)/t18-/m0/s1. The van der Waals surface area contributed by atoms with Crippen LogP contribution in [0, 0.1) is 5.82 Å². The first-order valence-electron chi connectivity index (χ1n) is 9.50. The monoisotopic (exact) mass is 448 g/mol. The van der Waals surface area contributed by atoms with E-state index in [0.717, 1.165) is 37.8 Å². The average molecular weight is 449 g/mol. The lowest BCUT2D eigenvalue weighted by molar-refractivity contribution is -0.116. The minimum Gasteiger partial charge on any atom is -0.343 e. The van der Waals surface area contributed by atoms with Gasteiger partial charge in [0, 0.05) is 34.9 Å². The summed E-state index contributed by atoms with van der Waals surface area (Å²) in [5, 5.41) is 4.12. The maximum absolute atomic E-state index is 13.7. The van der Waals surface area contributed by atoms with Crippen LogP contribution in [0.15, 0.2) is 77.4 Å². The van der Waals surface area contributed by atoms with Crippen molar-refractivity contribution in [2.24, 2.45) is 0 Å². The van der Waals surface area contributed by atoms with Crippen molar-refractivity contribution >= 4 is 38.4 Å². The van der Waals surface area contributed by atoms with Crippen molar-refractivity contribution in [3.63, 3.8) is 0 Å². The predicted octanol–water partition coefficient (Wildman–Crippen LogP) is 6.07. The highest BCUT2D eigenvalue weighted by Gasteiger charge is 2.28. The van der Waals surface area contributed by atoms with E-state index in [1.807, 2.05) is 36.4 Å². The molecule has 1 aliphatic rings. The lowest BCUT2D eigenvalue weighted by Crippen LogP contribution is -2.14.